The number of ether oxygens (including phenoxy) is 1. The van der Waals surface area contributed by atoms with Crippen LogP contribution in [0.1, 0.15) is 51.9 Å². The van der Waals surface area contributed by atoms with Crippen LogP contribution in [-0.4, -0.2) is 49.1 Å². The van der Waals surface area contributed by atoms with Gasteiger partial charge in [-0.2, -0.15) is 0 Å². The van der Waals surface area contributed by atoms with E-state index in [1.165, 1.54) is 32.1 Å². The highest BCUT2D eigenvalue weighted by atomic mass is 16.5. The van der Waals surface area contributed by atoms with Crippen molar-refractivity contribution in [2.45, 2.75) is 57.5 Å². The summed E-state index contributed by atoms with van der Waals surface area (Å²) in [5.41, 5.74) is -0.909. The molecule has 0 aromatic heterocycles. The highest BCUT2D eigenvalue weighted by Gasteiger charge is 2.40. The molecule has 2 amide bonds. The Morgan fingerprint density at radius 3 is 2.67 bits per heavy atom. The molecule has 1 saturated carbocycles. The first-order valence-corrected chi connectivity index (χ1v) is 8.19. The fraction of sp³-hybridized carbons (Fsp3) is 0.875. The first-order chi connectivity index (χ1) is 10.0. The van der Waals surface area contributed by atoms with Gasteiger partial charge < -0.3 is 15.0 Å². The Morgan fingerprint density at radius 1 is 1.29 bits per heavy atom. The van der Waals surface area contributed by atoms with Gasteiger partial charge in [-0.25, -0.2) is 0 Å². The Hall–Kier alpha value is -1.10. The molecule has 1 heterocycles. The summed E-state index contributed by atoms with van der Waals surface area (Å²) >= 11 is 0. The maximum absolute atomic E-state index is 12.4. The lowest BCUT2D eigenvalue weighted by atomic mass is 9.86. The van der Waals surface area contributed by atoms with E-state index in [1.54, 1.807) is 18.9 Å². The molecular weight excluding hydrogens is 268 g/mol. The van der Waals surface area contributed by atoms with Gasteiger partial charge in [-0.1, -0.05) is 32.1 Å². The van der Waals surface area contributed by atoms with Gasteiger partial charge in [0.1, 0.15) is 0 Å². The minimum Gasteiger partial charge on any atom is -0.362 e. The first-order valence-electron chi connectivity index (χ1n) is 8.19. The summed E-state index contributed by atoms with van der Waals surface area (Å²) in [4.78, 5) is 26.1. The third-order valence-corrected chi connectivity index (χ3v) is 4.83. The van der Waals surface area contributed by atoms with Crippen LogP contribution in [0, 0.1) is 5.92 Å². The largest absolute Gasteiger partial charge is 0.362 e. The molecule has 0 unspecified atom stereocenters. The Labute approximate surface area is 127 Å². The minimum atomic E-state index is -0.909. The van der Waals surface area contributed by atoms with Crippen molar-refractivity contribution >= 4 is 11.8 Å². The van der Waals surface area contributed by atoms with Gasteiger partial charge in [-0.05, 0) is 19.3 Å². The third kappa shape index (κ3) is 4.19. The topological polar surface area (TPSA) is 58.6 Å². The summed E-state index contributed by atoms with van der Waals surface area (Å²) in [5.74, 6) is 0.723. The molecule has 1 atom stereocenters. The monoisotopic (exact) mass is 296 g/mol. The second kappa shape index (κ2) is 7.25. The fourth-order valence-corrected chi connectivity index (χ4v) is 3.45. The van der Waals surface area contributed by atoms with Crippen molar-refractivity contribution in [1.82, 2.24) is 10.2 Å². The third-order valence-electron chi connectivity index (χ3n) is 4.83. The summed E-state index contributed by atoms with van der Waals surface area (Å²) in [6, 6.07) is 0. The average molecular weight is 296 g/mol. The number of carbonyl (C=O) groups is 2. The van der Waals surface area contributed by atoms with Gasteiger partial charge in [0.15, 0.2) is 5.60 Å². The van der Waals surface area contributed by atoms with Gasteiger partial charge in [0.2, 0.25) is 5.91 Å². The lowest BCUT2D eigenvalue weighted by Crippen LogP contribution is -2.58. The molecule has 1 aliphatic heterocycles. The van der Waals surface area contributed by atoms with Crippen molar-refractivity contribution in [2.24, 2.45) is 5.92 Å². The molecule has 120 valence electrons. The van der Waals surface area contributed by atoms with E-state index in [1.807, 2.05) is 0 Å². The molecule has 5 nitrogen and oxygen atoms in total. The molecular formula is C16H28N2O3. The Kier molecular flexibility index (Phi) is 5.62. The first kappa shape index (κ1) is 16.3. The molecule has 2 aliphatic rings. The summed E-state index contributed by atoms with van der Waals surface area (Å²) in [5, 5.41) is 2.62. The highest BCUT2D eigenvalue weighted by Crippen LogP contribution is 2.28. The van der Waals surface area contributed by atoms with E-state index in [0.717, 1.165) is 6.42 Å². The molecule has 1 saturated heterocycles. The molecule has 0 bridgehead atoms. The number of nitrogens with zero attached hydrogens (tertiary/aromatic N) is 1. The number of morpholine rings is 1. The average Bonchev–Trinajstić information content (AvgIpc) is 2.52. The van der Waals surface area contributed by atoms with Gasteiger partial charge in [0, 0.05) is 20.0 Å². The molecule has 1 N–H and O–H groups in total. The summed E-state index contributed by atoms with van der Waals surface area (Å²) in [6.45, 7) is 3.14. The van der Waals surface area contributed by atoms with Gasteiger partial charge in [0.25, 0.3) is 5.91 Å². The van der Waals surface area contributed by atoms with Crippen molar-refractivity contribution in [3.63, 3.8) is 0 Å². The van der Waals surface area contributed by atoms with E-state index in [0.29, 0.717) is 32.0 Å². The van der Waals surface area contributed by atoms with E-state index in [2.05, 4.69) is 5.32 Å². The maximum Gasteiger partial charge on any atom is 0.253 e. The van der Waals surface area contributed by atoms with Crippen LogP contribution in [0.3, 0.4) is 0 Å². The Morgan fingerprint density at radius 2 is 2.00 bits per heavy atom. The lowest BCUT2D eigenvalue weighted by molar-refractivity contribution is -0.162. The van der Waals surface area contributed by atoms with E-state index in [9.17, 15) is 9.59 Å². The zero-order chi connectivity index (χ0) is 15.3. The predicted molar refractivity (Wildman–Crippen MR) is 80.8 cm³/mol. The number of amides is 2. The van der Waals surface area contributed by atoms with Crippen molar-refractivity contribution in [3.05, 3.63) is 0 Å². The van der Waals surface area contributed by atoms with Gasteiger partial charge in [-0.3, -0.25) is 9.59 Å². The second-order valence-electron chi connectivity index (χ2n) is 6.52. The van der Waals surface area contributed by atoms with Crippen molar-refractivity contribution in [2.75, 3.05) is 26.7 Å². The van der Waals surface area contributed by atoms with Crippen molar-refractivity contribution in [1.29, 1.82) is 0 Å². The van der Waals surface area contributed by atoms with Gasteiger partial charge in [-0.15, -0.1) is 0 Å². The number of hydrogen-bond acceptors (Lipinski definition) is 3. The number of likely N-dealkylation sites (N-methyl/N-ethyl adjacent to an activating group) is 1. The summed E-state index contributed by atoms with van der Waals surface area (Å²) < 4.78 is 5.59. The van der Waals surface area contributed by atoms with Crippen LogP contribution in [0.5, 0.6) is 0 Å². The smallest absolute Gasteiger partial charge is 0.253 e. The summed E-state index contributed by atoms with van der Waals surface area (Å²) in [6.07, 6.45) is 8.11. The number of nitrogens with one attached hydrogen (secondary N) is 1. The van der Waals surface area contributed by atoms with Crippen molar-refractivity contribution in [3.8, 4) is 0 Å². The van der Waals surface area contributed by atoms with E-state index in [-0.39, 0.29) is 11.8 Å². The number of rotatable bonds is 4. The Bertz CT molecular complexity index is 380. The minimum absolute atomic E-state index is 0.160. The van der Waals surface area contributed by atoms with Gasteiger partial charge in [0.05, 0.1) is 13.2 Å². The van der Waals surface area contributed by atoms with Crippen LogP contribution in [0.15, 0.2) is 0 Å². The van der Waals surface area contributed by atoms with Crippen LogP contribution >= 0.6 is 0 Å². The predicted octanol–water partition coefficient (Wildman–Crippen LogP) is 1.71. The zero-order valence-corrected chi connectivity index (χ0v) is 13.3. The molecule has 0 aromatic rings. The quantitative estimate of drug-likeness (QED) is 0.859. The van der Waals surface area contributed by atoms with Crippen LogP contribution < -0.4 is 5.32 Å². The van der Waals surface area contributed by atoms with Crippen molar-refractivity contribution < 1.29 is 14.3 Å². The molecule has 2 fully saturated rings. The zero-order valence-electron chi connectivity index (χ0n) is 13.3. The van der Waals surface area contributed by atoms with Crippen LogP contribution in [0.4, 0.5) is 0 Å². The standard InChI is InChI=1S/C16H28N2O3/c1-16(15(20)17-2)12-18(10-11-21-16)14(19)9-8-13-6-4-3-5-7-13/h13H,3-12H2,1-2H3,(H,17,20)/t16-/m0/s1. The van der Waals surface area contributed by atoms with E-state index < -0.39 is 5.60 Å². The number of carbonyl (C=O) groups excluding carboxylic acids is 2. The maximum atomic E-state index is 12.4. The normalized spacial score (nSPS) is 27.4. The fourth-order valence-electron chi connectivity index (χ4n) is 3.45. The second-order valence-corrected chi connectivity index (χ2v) is 6.52. The van der Waals surface area contributed by atoms with Gasteiger partial charge >= 0.3 is 0 Å². The Balaban J connectivity index is 1.82. The van der Waals surface area contributed by atoms with Crippen LogP contribution in [0.2, 0.25) is 0 Å². The lowest BCUT2D eigenvalue weighted by Gasteiger charge is -2.39. The molecule has 5 heteroatoms. The molecule has 21 heavy (non-hydrogen) atoms. The molecule has 1 aliphatic carbocycles. The molecule has 2 rings (SSSR count). The summed E-state index contributed by atoms with van der Waals surface area (Å²) in [7, 11) is 1.60. The molecule has 0 spiro atoms. The number of hydrogen-bond donors (Lipinski definition) is 1. The van der Waals surface area contributed by atoms with Crippen LogP contribution in [0.25, 0.3) is 0 Å². The SMILES string of the molecule is CNC(=O)[C@]1(C)CN(C(=O)CCC2CCCCC2)CCO1. The highest BCUT2D eigenvalue weighted by molar-refractivity contribution is 5.86. The van der Waals surface area contributed by atoms with E-state index >= 15 is 0 Å². The molecule has 0 aromatic carbocycles. The van der Waals surface area contributed by atoms with E-state index in [4.69, 9.17) is 4.74 Å². The van der Waals surface area contributed by atoms with Crippen LogP contribution in [-0.2, 0) is 14.3 Å². The molecule has 0 radical (unpaired) electrons.